The Balaban J connectivity index is 3.19. The molecule has 0 atom stereocenters. The molecule has 0 saturated carbocycles. The maximum absolute atomic E-state index is 10.8. The predicted molar refractivity (Wildman–Crippen MR) is 101 cm³/mol. The number of hydrogen-bond acceptors (Lipinski definition) is 2. The molecule has 0 rings (SSSR count). The topological polar surface area (TPSA) is 26.3 Å². The predicted octanol–water partition coefficient (Wildman–Crippen LogP) is 6.53. The Labute approximate surface area is 143 Å². The summed E-state index contributed by atoms with van der Waals surface area (Å²) in [6, 6.07) is 0. The van der Waals surface area contributed by atoms with Crippen LogP contribution in [0.15, 0.2) is 37.0 Å². The van der Waals surface area contributed by atoms with Crippen LogP contribution in [-0.4, -0.2) is 12.6 Å². The minimum Gasteiger partial charge on any atom is -0.463 e. The van der Waals surface area contributed by atoms with E-state index in [0.29, 0.717) is 6.61 Å². The van der Waals surface area contributed by atoms with Gasteiger partial charge in [0.25, 0.3) is 0 Å². The first-order valence-electron chi connectivity index (χ1n) is 9.40. The molecule has 2 heteroatoms. The summed E-state index contributed by atoms with van der Waals surface area (Å²) in [5.41, 5.74) is 0. The molecule has 132 valence electrons. The Kier molecular flexibility index (Phi) is 17.7. The first kappa shape index (κ1) is 21.7. The van der Waals surface area contributed by atoms with Gasteiger partial charge >= 0.3 is 5.97 Å². The van der Waals surface area contributed by atoms with Gasteiger partial charge in [-0.05, 0) is 38.5 Å². The van der Waals surface area contributed by atoms with Crippen LogP contribution in [0.25, 0.3) is 0 Å². The Morgan fingerprint density at radius 2 is 1.39 bits per heavy atom. The molecule has 0 N–H and O–H groups in total. The van der Waals surface area contributed by atoms with Crippen molar-refractivity contribution in [2.24, 2.45) is 0 Å². The van der Waals surface area contributed by atoms with E-state index in [1.165, 1.54) is 63.9 Å². The molecule has 0 aromatic carbocycles. The monoisotopic (exact) mass is 320 g/mol. The second-order valence-electron chi connectivity index (χ2n) is 5.96. The zero-order valence-corrected chi connectivity index (χ0v) is 15.1. The molecule has 0 radical (unpaired) electrons. The summed E-state index contributed by atoms with van der Waals surface area (Å²) in [7, 11) is 0. The lowest BCUT2D eigenvalue weighted by Gasteiger charge is -2.02. The smallest absolute Gasteiger partial charge is 0.330 e. The number of ether oxygens (including phenoxy) is 1. The maximum atomic E-state index is 10.8. The summed E-state index contributed by atoms with van der Waals surface area (Å²) >= 11 is 0. The van der Waals surface area contributed by atoms with Crippen LogP contribution in [0.1, 0.15) is 84.0 Å². The molecule has 0 aromatic heterocycles. The van der Waals surface area contributed by atoms with E-state index in [4.69, 9.17) is 4.74 Å². The van der Waals surface area contributed by atoms with Crippen molar-refractivity contribution >= 4 is 5.97 Å². The number of unbranched alkanes of at least 4 members (excludes halogenated alkanes) is 9. The van der Waals surface area contributed by atoms with Crippen molar-refractivity contribution in [3.8, 4) is 0 Å². The van der Waals surface area contributed by atoms with E-state index in [0.717, 1.165) is 19.3 Å². The van der Waals surface area contributed by atoms with Gasteiger partial charge in [0.2, 0.25) is 0 Å². The van der Waals surface area contributed by atoms with Gasteiger partial charge in [0.15, 0.2) is 0 Å². The summed E-state index contributed by atoms with van der Waals surface area (Å²) in [6.07, 6.45) is 25.1. The van der Waals surface area contributed by atoms with Crippen LogP contribution in [0.5, 0.6) is 0 Å². The van der Waals surface area contributed by atoms with Crippen molar-refractivity contribution in [2.75, 3.05) is 6.61 Å². The highest BCUT2D eigenvalue weighted by Crippen LogP contribution is 2.08. The number of hydrogen-bond donors (Lipinski definition) is 0. The third-order valence-electron chi connectivity index (χ3n) is 3.76. The van der Waals surface area contributed by atoms with Crippen LogP contribution >= 0.6 is 0 Å². The Morgan fingerprint density at radius 1 is 0.826 bits per heavy atom. The number of carbonyl (C=O) groups is 1. The van der Waals surface area contributed by atoms with Crippen LogP contribution in [0, 0.1) is 0 Å². The van der Waals surface area contributed by atoms with Gasteiger partial charge in [-0.15, -0.1) is 0 Å². The fourth-order valence-corrected chi connectivity index (χ4v) is 2.32. The van der Waals surface area contributed by atoms with Gasteiger partial charge in [-0.2, -0.15) is 0 Å². The average molecular weight is 321 g/mol. The second kappa shape index (κ2) is 18.7. The van der Waals surface area contributed by atoms with Crippen LogP contribution in [0.4, 0.5) is 0 Å². The van der Waals surface area contributed by atoms with Crippen molar-refractivity contribution in [1.82, 2.24) is 0 Å². The molecule has 0 heterocycles. The van der Waals surface area contributed by atoms with Crippen LogP contribution in [0.3, 0.4) is 0 Å². The number of rotatable bonds is 16. The van der Waals surface area contributed by atoms with Gasteiger partial charge in [-0.1, -0.05) is 76.3 Å². The summed E-state index contributed by atoms with van der Waals surface area (Å²) in [5, 5.41) is 0. The van der Waals surface area contributed by atoms with Gasteiger partial charge in [-0.25, -0.2) is 4.79 Å². The molecule has 2 nitrogen and oxygen atoms in total. The van der Waals surface area contributed by atoms with Crippen LogP contribution < -0.4 is 0 Å². The lowest BCUT2D eigenvalue weighted by atomic mass is 10.1. The number of esters is 1. The molecule has 0 aliphatic carbocycles. The minimum atomic E-state index is -0.312. The zero-order valence-electron chi connectivity index (χ0n) is 15.1. The van der Waals surface area contributed by atoms with Gasteiger partial charge in [0.1, 0.15) is 0 Å². The largest absolute Gasteiger partial charge is 0.463 e. The first-order chi connectivity index (χ1) is 11.3. The van der Waals surface area contributed by atoms with Gasteiger partial charge in [0, 0.05) is 6.08 Å². The van der Waals surface area contributed by atoms with Crippen molar-refractivity contribution in [3.63, 3.8) is 0 Å². The molecular formula is C21H36O2. The lowest BCUT2D eigenvalue weighted by molar-refractivity contribution is -0.137. The summed E-state index contributed by atoms with van der Waals surface area (Å²) in [4.78, 5) is 10.8. The third-order valence-corrected chi connectivity index (χ3v) is 3.76. The molecule has 0 aliphatic heterocycles. The van der Waals surface area contributed by atoms with Gasteiger partial charge < -0.3 is 4.74 Å². The van der Waals surface area contributed by atoms with Crippen LogP contribution in [0.2, 0.25) is 0 Å². The molecular weight excluding hydrogens is 284 g/mol. The Hall–Kier alpha value is -1.31. The molecule has 0 bridgehead atoms. The quantitative estimate of drug-likeness (QED) is 0.140. The van der Waals surface area contributed by atoms with E-state index in [2.05, 4.69) is 37.8 Å². The highest BCUT2D eigenvalue weighted by molar-refractivity contribution is 5.81. The molecule has 0 spiro atoms. The minimum absolute atomic E-state index is 0.312. The van der Waals surface area contributed by atoms with Crippen molar-refractivity contribution in [3.05, 3.63) is 37.0 Å². The van der Waals surface area contributed by atoms with Crippen molar-refractivity contribution in [1.29, 1.82) is 0 Å². The van der Waals surface area contributed by atoms with Gasteiger partial charge in [-0.3, -0.25) is 0 Å². The van der Waals surface area contributed by atoms with E-state index in [1.54, 1.807) is 0 Å². The molecule has 0 saturated heterocycles. The zero-order chi connectivity index (χ0) is 17.0. The Bertz CT molecular complexity index is 329. The summed E-state index contributed by atoms with van der Waals surface area (Å²) < 4.78 is 4.94. The highest BCUT2D eigenvalue weighted by atomic mass is 16.5. The third kappa shape index (κ3) is 18.6. The maximum Gasteiger partial charge on any atom is 0.330 e. The fourth-order valence-electron chi connectivity index (χ4n) is 2.32. The van der Waals surface area contributed by atoms with Crippen molar-refractivity contribution < 1.29 is 9.53 Å². The van der Waals surface area contributed by atoms with E-state index >= 15 is 0 Å². The summed E-state index contributed by atoms with van der Waals surface area (Å²) in [5.74, 6) is -0.312. The normalized spacial score (nSPS) is 11.3. The van der Waals surface area contributed by atoms with Gasteiger partial charge in [0.05, 0.1) is 6.61 Å². The number of carbonyl (C=O) groups excluding carboxylic acids is 1. The van der Waals surface area contributed by atoms with E-state index in [9.17, 15) is 4.79 Å². The fraction of sp³-hybridized carbons (Fsp3) is 0.667. The second-order valence-corrected chi connectivity index (χ2v) is 5.96. The molecule has 0 aliphatic rings. The van der Waals surface area contributed by atoms with E-state index < -0.39 is 0 Å². The lowest BCUT2D eigenvalue weighted by Crippen LogP contribution is -2.01. The Morgan fingerprint density at radius 3 is 2.00 bits per heavy atom. The molecule has 0 amide bonds. The highest BCUT2D eigenvalue weighted by Gasteiger charge is 1.95. The molecule has 0 aromatic rings. The van der Waals surface area contributed by atoms with E-state index in [1.807, 2.05) is 0 Å². The average Bonchev–Trinajstić information content (AvgIpc) is 2.57. The molecule has 0 fully saturated rings. The SMILES string of the molecule is C=CC(=O)OCCCCCCCCC=CCC=CCCCCC. The standard InChI is InChI=1S/C21H36O2/c1-3-5-6-7-8-9-10-11-12-13-14-15-16-17-18-19-20-23-21(22)4-2/h4,8-9,11-12H,2-3,5-7,10,13-20H2,1H3. The molecule has 0 unspecified atom stereocenters. The molecule has 23 heavy (non-hydrogen) atoms. The number of allylic oxidation sites excluding steroid dienone is 4. The van der Waals surface area contributed by atoms with E-state index in [-0.39, 0.29) is 5.97 Å². The van der Waals surface area contributed by atoms with Crippen LogP contribution in [-0.2, 0) is 9.53 Å². The first-order valence-corrected chi connectivity index (χ1v) is 9.40. The van der Waals surface area contributed by atoms with Crippen molar-refractivity contribution in [2.45, 2.75) is 84.0 Å². The summed E-state index contributed by atoms with van der Waals surface area (Å²) in [6.45, 7) is 6.14.